The number of rotatable bonds is 8. The van der Waals surface area contributed by atoms with Crippen molar-refractivity contribution in [2.45, 2.75) is 71.8 Å². The Kier molecular flexibility index (Phi) is 8.70. The Hall–Kier alpha value is -0.0800. The summed E-state index contributed by atoms with van der Waals surface area (Å²) in [6.07, 6.45) is 9.78. The number of likely N-dealkylation sites (tertiary alicyclic amines) is 1. The molecule has 2 heteroatoms. The highest BCUT2D eigenvalue weighted by Gasteiger charge is 2.21. The van der Waals surface area contributed by atoms with Gasteiger partial charge in [0.25, 0.3) is 0 Å². The molecule has 0 aromatic rings. The minimum atomic E-state index is 0.773. The molecule has 0 aromatic heterocycles. The summed E-state index contributed by atoms with van der Waals surface area (Å²) in [4.78, 5) is 2.77. The van der Waals surface area contributed by atoms with Crippen LogP contribution in [-0.4, -0.2) is 37.1 Å². The Morgan fingerprint density at radius 1 is 1.11 bits per heavy atom. The van der Waals surface area contributed by atoms with Crippen LogP contribution >= 0.6 is 0 Å². The third-order valence-corrected chi connectivity index (χ3v) is 4.35. The molecule has 0 spiro atoms. The maximum Gasteiger partial charge on any atom is 0.0220 e. The zero-order valence-corrected chi connectivity index (χ0v) is 12.9. The van der Waals surface area contributed by atoms with Crippen molar-refractivity contribution in [3.05, 3.63) is 0 Å². The topological polar surface area (TPSA) is 15.3 Å². The van der Waals surface area contributed by atoms with Crippen LogP contribution in [0, 0.1) is 5.92 Å². The van der Waals surface area contributed by atoms with E-state index in [1.807, 2.05) is 0 Å². The Morgan fingerprint density at radius 2 is 1.94 bits per heavy atom. The lowest BCUT2D eigenvalue weighted by Gasteiger charge is -2.31. The highest BCUT2D eigenvalue weighted by Crippen LogP contribution is 2.23. The molecule has 1 rings (SSSR count). The van der Waals surface area contributed by atoms with Gasteiger partial charge in [0.15, 0.2) is 0 Å². The molecule has 2 atom stereocenters. The first-order chi connectivity index (χ1) is 8.81. The quantitative estimate of drug-likeness (QED) is 0.711. The minimum absolute atomic E-state index is 0.773. The molecule has 0 radical (unpaired) electrons. The predicted molar refractivity (Wildman–Crippen MR) is 81.1 cm³/mol. The summed E-state index contributed by atoms with van der Waals surface area (Å²) < 4.78 is 0. The normalized spacial score (nSPS) is 23.8. The van der Waals surface area contributed by atoms with Gasteiger partial charge in [-0.15, -0.1) is 0 Å². The zero-order valence-electron chi connectivity index (χ0n) is 12.9. The summed E-state index contributed by atoms with van der Waals surface area (Å²) >= 11 is 0. The van der Waals surface area contributed by atoms with Crippen LogP contribution in [0.25, 0.3) is 0 Å². The lowest BCUT2D eigenvalue weighted by molar-refractivity contribution is 0.186. The summed E-state index contributed by atoms with van der Waals surface area (Å²) in [5.74, 6) is 1.00. The molecule has 2 nitrogen and oxygen atoms in total. The first-order valence-electron chi connectivity index (χ1n) is 8.26. The van der Waals surface area contributed by atoms with E-state index >= 15 is 0 Å². The first-order valence-corrected chi connectivity index (χ1v) is 8.26. The molecular formula is C16H34N2. The summed E-state index contributed by atoms with van der Waals surface area (Å²) in [5.41, 5.74) is 0. The molecular weight excluding hydrogens is 220 g/mol. The average Bonchev–Trinajstić information content (AvgIpc) is 2.61. The van der Waals surface area contributed by atoms with Crippen LogP contribution in [0.4, 0.5) is 0 Å². The molecule has 2 unspecified atom stereocenters. The van der Waals surface area contributed by atoms with Gasteiger partial charge >= 0.3 is 0 Å². The lowest BCUT2D eigenvalue weighted by Crippen LogP contribution is -2.43. The van der Waals surface area contributed by atoms with Gasteiger partial charge in [0.05, 0.1) is 0 Å². The van der Waals surface area contributed by atoms with E-state index < -0.39 is 0 Å². The molecule has 108 valence electrons. The van der Waals surface area contributed by atoms with Gasteiger partial charge in [-0.05, 0) is 51.2 Å². The lowest BCUT2D eigenvalue weighted by atomic mass is 9.96. The van der Waals surface area contributed by atoms with E-state index in [2.05, 4.69) is 31.0 Å². The molecule has 0 amide bonds. The Labute approximate surface area is 115 Å². The van der Waals surface area contributed by atoms with Gasteiger partial charge in [-0.1, -0.05) is 40.0 Å². The minimum Gasteiger partial charge on any atom is -0.315 e. The van der Waals surface area contributed by atoms with E-state index in [4.69, 9.17) is 0 Å². The molecule has 1 saturated heterocycles. The van der Waals surface area contributed by atoms with E-state index in [0.29, 0.717) is 0 Å². The van der Waals surface area contributed by atoms with Gasteiger partial charge < -0.3 is 5.32 Å². The second kappa shape index (κ2) is 9.80. The van der Waals surface area contributed by atoms with Gasteiger partial charge in [-0.2, -0.15) is 0 Å². The zero-order chi connectivity index (χ0) is 13.2. The van der Waals surface area contributed by atoms with Crippen LogP contribution in [0.15, 0.2) is 0 Å². The number of nitrogens with one attached hydrogen (secondary N) is 1. The average molecular weight is 254 g/mol. The molecule has 1 heterocycles. The first kappa shape index (κ1) is 16.0. The van der Waals surface area contributed by atoms with E-state index in [1.165, 1.54) is 64.6 Å². The molecule has 0 aromatic carbocycles. The largest absolute Gasteiger partial charge is 0.315 e. The Balaban J connectivity index is 2.41. The van der Waals surface area contributed by atoms with Crippen molar-refractivity contribution in [2.75, 3.05) is 26.2 Å². The molecule has 18 heavy (non-hydrogen) atoms. The van der Waals surface area contributed by atoms with Crippen molar-refractivity contribution in [3.8, 4) is 0 Å². The van der Waals surface area contributed by atoms with Crippen molar-refractivity contribution < 1.29 is 0 Å². The fourth-order valence-electron chi connectivity index (χ4n) is 3.31. The van der Waals surface area contributed by atoms with Crippen molar-refractivity contribution in [1.29, 1.82) is 0 Å². The van der Waals surface area contributed by atoms with Crippen molar-refractivity contribution >= 4 is 0 Å². The van der Waals surface area contributed by atoms with Crippen LogP contribution in [-0.2, 0) is 0 Å². The van der Waals surface area contributed by atoms with Gasteiger partial charge in [0.2, 0.25) is 0 Å². The third kappa shape index (κ3) is 5.71. The number of hydrogen-bond donors (Lipinski definition) is 1. The summed E-state index contributed by atoms with van der Waals surface area (Å²) in [7, 11) is 0. The van der Waals surface area contributed by atoms with Crippen molar-refractivity contribution in [2.24, 2.45) is 5.92 Å². The highest BCUT2D eigenvalue weighted by atomic mass is 15.2. The highest BCUT2D eigenvalue weighted by molar-refractivity contribution is 4.78. The van der Waals surface area contributed by atoms with Gasteiger partial charge in [0, 0.05) is 12.6 Å². The predicted octanol–water partition coefficient (Wildman–Crippen LogP) is 3.67. The molecule has 1 fully saturated rings. The maximum absolute atomic E-state index is 3.55. The van der Waals surface area contributed by atoms with Gasteiger partial charge in [-0.25, -0.2) is 0 Å². The summed E-state index contributed by atoms with van der Waals surface area (Å²) in [5, 5.41) is 3.55. The molecule has 1 N–H and O–H groups in total. The standard InChI is InChI=1S/C16H34N2/c1-4-8-15-10-7-12-18(13-11-15)16(9-5-2)14-17-6-3/h15-17H,4-14H2,1-3H3. The number of hydrogen-bond acceptors (Lipinski definition) is 2. The second-order valence-corrected chi connectivity index (χ2v) is 5.87. The summed E-state index contributed by atoms with van der Waals surface area (Å²) in [6.45, 7) is 11.8. The fourth-order valence-corrected chi connectivity index (χ4v) is 3.31. The van der Waals surface area contributed by atoms with Crippen molar-refractivity contribution in [3.63, 3.8) is 0 Å². The number of nitrogens with zero attached hydrogens (tertiary/aromatic N) is 1. The molecule has 1 aliphatic rings. The van der Waals surface area contributed by atoms with Gasteiger partial charge in [-0.3, -0.25) is 4.90 Å². The second-order valence-electron chi connectivity index (χ2n) is 5.87. The molecule has 0 bridgehead atoms. The fraction of sp³-hybridized carbons (Fsp3) is 1.00. The number of likely N-dealkylation sites (N-methyl/N-ethyl adjacent to an activating group) is 1. The smallest absolute Gasteiger partial charge is 0.0220 e. The van der Waals surface area contributed by atoms with E-state index in [-0.39, 0.29) is 0 Å². The van der Waals surface area contributed by atoms with Crippen LogP contribution < -0.4 is 5.32 Å². The van der Waals surface area contributed by atoms with Crippen LogP contribution in [0.1, 0.15) is 65.7 Å². The van der Waals surface area contributed by atoms with E-state index in [1.54, 1.807) is 0 Å². The molecule has 0 aliphatic carbocycles. The van der Waals surface area contributed by atoms with E-state index in [9.17, 15) is 0 Å². The SMILES string of the molecule is CCCC1CCCN(C(CCC)CNCC)CC1. The molecule has 1 aliphatic heterocycles. The maximum atomic E-state index is 3.55. The van der Waals surface area contributed by atoms with Gasteiger partial charge in [0.1, 0.15) is 0 Å². The third-order valence-electron chi connectivity index (χ3n) is 4.35. The Bertz CT molecular complexity index is 194. The Morgan fingerprint density at radius 3 is 2.61 bits per heavy atom. The van der Waals surface area contributed by atoms with E-state index in [0.717, 1.165) is 18.5 Å². The van der Waals surface area contributed by atoms with Crippen LogP contribution in [0.3, 0.4) is 0 Å². The van der Waals surface area contributed by atoms with Crippen molar-refractivity contribution in [1.82, 2.24) is 10.2 Å². The van der Waals surface area contributed by atoms with Crippen LogP contribution in [0.2, 0.25) is 0 Å². The molecule has 0 saturated carbocycles. The van der Waals surface area contributed by atoms with Crippen LogP contribution in [0.5, 0.6) is 0 Å². The monoisotopic (exact) mass is 254 g/mol. The summed E-state index contributed by atoms with van der Waals surface area (Å²) in [6, 6.07) is 0.773.